The minimum Gasteiger partial charge on any atom is -0.486 e. The highest BCUT2D eigenvalue weighted by Crippen LogP contribution is 2.47. The average Bonchev–Trinajstić information content (AvgIpc) is 3.13. The molecule has 0 saturated carbocycles. The number of halogens is 1. The molecule has 8 nitrogen and oxygen atoms in total. The molecule has 2 aromatic rings. The lowest BCUT2D eigenvalue weighted by atomic mass is 9.85. The molecule has 0 radical (unpaired) electrons. The first-order valence-corrected chi connectivity index (χ1v) is 10.9. The van der Waals surface area contributed by atoms with E-state index in [4.69, 9.17) is 30.5 Å². The van der Waals surface area contributed by atoms with Gasteiger partial charge in [-0.25, -0.2) is 0 Å². The predicted molar refractivity (Wildman–Crippen MR) is 113 cm³/mol. The molecule has 0 aromatic heterocycles. The molecule has 0 aliphatic carbocycles. The molecule has 3 aliphatic rings. The predicted octanol–water partition coefficient (Wildman–Crippen LogP) is 1.25. The molecule has 3 aliphatic heterocycles. The first-order chi connectivity index (χ1) is 15.3. The van der Waals surface area contributed by atoms with E-state index in [1.165, 1.54) is 6.92 Å². The van der Waals surface area contributed by atoms with Gasteiger partial charge < -0.3 is 39.4 Å². The number of aliphatic hydroxyl groups excluding tert-OH is 4. The van der Waals surface area contributed by atoms with Crippen molar-refractivity contribution in [3.63, 3.8) is 0 Å². The highest BCUT2D eigenvalue weighted by Gasteiger charge is 2.59. The number of benzene rings is 2. The van der Waals surface area contributed by atoms with Crippen molar-refractivity contribution in [2.75, 3.05) is 13.2 Å². The lowest BCUT2D eigenvalue weighted by Gasteiger charge is -2.47. The van der Waals surface area contributed by atoms with Gasteiger partial charge in [0, 0.05) is 10.6 Å². The molecule has 32 heavy (non-hydrogen) atoms. The highest BCUT2D eigenvalue weighted by molar-refractivity contribution is 6.31. The number of ether oxygens (including phenoxy) is 4. The average molecular weight is 465 g/mol. The molecule has 2 aromatic carbocycles. The molecule has 9 heteroatoms. The second-order valence-corrected chi connectivity index (χ2v) is 8.87. The summed E-state index contributed by atoms with van der Waals surface area (Å²) < 4.78 is 23.0. The number of aliphatic hydroxyl groups is 4. The Bertz CT molecular complexity index is 1030. The first kappa shape index (κ1) is 21.9. The summed E-state index contributed by atoms with van der Waals surface area (Å²) in [5.74, 6) is -0.349. The molecule has 4 N–H and O–H groups in total. The fourth-order valence-corrected chi connectivity index (χ4v) is 4.85. The van der Waals surface area contributed by atoms with Crippen molar-refractivity contribution < 1.29 is 39.4 Å². The van der Waals surface area contributed by atoms with Gasteiger partial charge in [0.2, 0.25) is 5.79 Å². The van der Waals surface area contributed by atoms with Crippen LogP contribution in [0.5, 0.6) is 11.5 Å². The van der Waals surface area contributed by atoms with Gasteiger partial charge in [0.15, 0.2) is 11.5 Å². The van der Waals surface area contributed by atoms with Crippen LogP contribution in [0.4, 0.5) is 0 Å². The molecular weight excluding hydrogens is 440 g/mol. The van der Waals surface area contributed by atoms with E-state index >= 15 is 0 Å². The van der Waals surface area contributed by atoms with Crippen LogP contribution >= 0.6 is 11.6 Å². The lowest BCUT2D eigenvalue weighted by Crippen LogP contribution is -2.64. The van der Waals surface area contributed by atoms with Gasteiger partial charge in [0.05, 0.1) is 12.7 Å². The highest BCUT2D eigenvalue weighted by atomic mass is 35.5. The quantitative estimate of drug-likeness (QED) is 0.536. The summed E-state index contributed by atoms with van der Waals surface area (Å²) in [4.78, 5) is 0. The maximum Gasteiger partial charge on any atom is 0.225 e. The zero-order valence-corrected chi connectivity index (χ0v) is 18.2. The summed E-state index contributed by atoms with van der Waals surface area (Å²) in [6.07, 6.45) is -6.35. The van der Waals surface area contributed by atoms with Gasteiger partial charge in [0.25, 0.3) is 0 Å². The third-order valence-electron chi connectivity index (χ3n) is 6.28. The van der Waals surface area contributed by atoms with E-state index in [1.54, 1.807) is 12.1 Å². The van der Waals surface area contributed by atoms with Crippen molar-refractivity contribution in [2.24, 2.45) is 0 Å². The van der Waals surface area contributed by atoms with Crippen LogP contribution < -0.4 is 9.47 Å². The molecule has 1 spiro atoms. The Balaban J connectivity index is 1.51. The Hall–Kier alpha value is -1.91. The van der Waals surface area contributed by atoms with Gasteiger partial charge in [-0.2, -0.15) is 0 Å². The Labute approximate surface area is 189 Å². The largest absolute Gasteiger partial charge is 0.486 e. The Kier molecular flexibility index (Phi) is 5.58. The maximum atomic E-state index is 10.8. The van der Waals surface area contributed by atoms with Crippen LogP contribution in [0.1, 0.15) is 29.2 Å². The van der Waals surface area contributed by atoms with Crippen LogP contribution in [0.2, 0.25) is 5.02 Å². The van der Waals surface area contributed by atoms with Crippen molar-refractivity contribution in [3.8, 4) is 11.5 Å². The van der Waals surface area contributed by atoms with Crippen LogP contribution in [0.25, 0.3) is 0 Å². The molecule has 6 atom stereocenters. The second-order valence-electron chi connectivity index (χ2n) is 8.46. The Morgan fingerprint density at radius 1 is 1.06 bits per heavy atom. The van der Waals surface area contributed by atoms with E-state index in [1.807, 2.05) is 18.2 Å². The van der Waals surface area contributed by atoms with Crippen LogP contribution in [-0.4, -0.2) is 64.2 Å². The number of rotatable bonds is 3. The van der Waals surface area contributed by atoms with Crippen molar-refractivity contribution >= 4 is 11.6 Å². The minimum absolute atomic E-state index is 0.103. The molecule has 1 saturated heterocycles. The fraction of sp³-hybridized carbons (Fsp3) is 0.478. The zero-order valence-electron chi connectivity index (χ0n) is 17.4. The summed E-state index contributed by atoms with van der Waals surface area (Å²) in [6, 6.07) is 9.23. The number of hydrogen-bond acceptors (Lipinski definition) is 8. The maximum absolute atomic E-state index is 10.8. The molecule has 1 fully saturated rings. The third kappa shape index (κ3) is 3.47. The van der Waals surface area contributed by atoms with E-state index in [2.05, 4.69) is 0 Å². The summed E-state index contributed by atoms with van der Waals surface area (Å²) in [6.45, 7) is 2.55. The number of hydrogen-bond donors (Lipinski definition) is 4. The molecule has 5 rings (SSSR count). The monoisotopic (exact) mass is 464 g/mol. The fourth-order valence-electron chi connectivity index (χ4n) is 4.59. The topological polar surface area (TPSA) is 118 Å². The smallest absolute Gasteiger partial charge is 0.225 e. The van der Waals surface area contributed by atoms with Crippen molar-refractivity contribution in [1.82, 2.24) is 0 Å². The van der Waals surface area contributed by atoms with E-state index in [-0.39, 0.29) is 6.61 Å². The first-order valence-electron chi connectivity index (χ1n) is 10.5. The second kappa shape index (κ2) is 8.14. The van der Waals surface area contributed by atoms with Gasteiger partial charge >= 0.3 is 0 Å². The molecule has 0 unspecified atom stereocenters. The van der Waals surface area contributed by atoms with E-state index in [0.717, 1.165) is 11.1 Å². The molecule has 0 bridgehead atoms. The van der Waals surface area contributed by atoms with E-state index in [0.29, 0.717) is 47.3 Å². The normalized spacial score (nSPS) is 32.1. The van der Waals surface area contributed by atoms with Crippen LogP contribution in [0, 0.1) is 0 Å². The summed E-state index contributed by atoms with van der Waals surface area (Å²) in [5, 5.41) is 42.1. The Morgan fingerprint density at radius 2 is 1.81 bits per heavy atom. The van der Waals surface area contributed by atoms with Gasteiger partial charge in [-0.05, 0) is 54.3 Å². The number of fused-ring (bicyclic) bond motifs is 3. The summed E-state index contributed by atoms with van der Waals surface area (Å²) in [5.41, 5.74) is 2.93. The summed E-state index contributed by atoms with van der Waals surface area (Å²) >= 11 is 6.55. The Morgan fingerprint density at radius 3 is 2.56 bits per heavy atom. The van der Waals surface area contributed by atoms with E-state index < -0.39 is 36.3 Å². The minimum atomic E-state index is -1.72. The summed E-state index contributed by atoms with van der Waals surface area (Å²) in [7, 11) is 0. The van der Waals surface area contributed by atoms with Crippen molar-refractivity contribution in [3.05, 3.63) is 57.6 Å². The SMILES string of the molecule is C[C@@H](O)[C@H]1O[C@]2(OCc3cc(Cl)c(Cc4ccc5c(c4)OCCO5)cc32)[C@H](O)[C@@H](O)[C@@H]1O. The van der Waals surface area contributed by atoms with Crippen LogP contribution in [0.3, 0.4) is 0 Å². The van der Waals surface area contributed by atoms with Gasteiger partial charge in [-0.3, -0.25) is 0 Å². The van der Waals surface area contributed by atoms with Crippen LogP contribution in [0.15, 0.2) is 30.3 Å². The molecule has 3 heterocycles. The third-order valence-corrected chi connectivity index (χ3v) is 6.63. The van der Waals surface area contributed by atoms with Gasteiger partial charge in [-0.1, -0.05) is 17.7 Å². The zero-order chi connectivity index (χ0) is 22.6. The van der Waals surface area contributed by atoms with Gasteiger partial charge in [-0.15, -0.1) is 0 Å². The standard InChI is InChI=1S/C23H25ClO8/c1-11(25)21-19(26)20(27)22(28)23(32-21)15-8-13(16(24)9-14(15)10-31-23)6-12-2-3-17-18(7-12)30-5-4-29-17/h2-3,7-9,11,19-22,25-28H,4-6,10H2,1H3/t11-,19+,20+,21-,22-,23+/m1/s1. The lowest BCUT2D eigenvalue weighted by molar-refractivity contribution is -0.374. The van der Waals surface area contributed by atoms with Crippen molar-refractivity contribution in [1.29, 1.82) is 0 Å². The van der Waals surface area contributed by atoms with Gasteiger partial charge in [0.1, 0.15) is 37.6 Å². The molecular formula is C23H25ClO8. The van der Waals surface area contributed by atoms with Crippen molar-refractivity contribution in [2.45, 2.75) is 56.3 Å². The molecule has 0 amide bonds. The van der Waals surface area contributed by atoms with E-state index in [9.17, 15) is 20.4 Å². The molecule has 172 valence electrons. The van der Waals surface area contributed by atoms with Crippen LogP contribution in [-0.2, 0) is 28.3 Å².